The van der Waals surface area contributed by atoms with Crippen molar-refractivity contribution in [3.05, 3.63) is 40.6 Å². The second-order valence-electron chi connectivity index (χ2n) is 3.54. The molecule has 2 rings (SSSR count). The van der Waals surface area contributed by atoms with Crippen LogP contribution >= 0.6 is 11.8 Å². The van der Waals surface area contributed by atoms with Crippen LogP contribution in [0.4, 0.5) is 23.1 Å². The van der Waals surface area contributed by atoms with Crippen LogP contribution in [-0.2, 0) is 0 Å². The smallest absolute Gasteiger partial charge is 0.329 e. The maximum absolute atomic E-state index is 10.9. The third-order valence-electron chi connectivity index (χ3n) is 2.34. The Morgan fingerprint density at radius 3 is 2.84 bits per heavy atom. The Bertz CT molecular complexity index is 620. The van der Waals surface area contributed by atoms with Crippen molar-refractivity contribution in [2.75, 3.05) is 17.3 Å². The summed E-state index contributed by atoms with van der Waals surface area (Å²) in [5, 5.41) is 13.8. The van der Waals surface area contributed by atoms with Gasteiger partial charge in [-0.25, -0.2) is 4.98 Å². The molecule has 0 spiro atoms. The van der Waals surface area contributed by atoms with Gasteiger partial charge in [-0.05, 0) is 18.4 Å². The van der Waals surface area contributed by atoms with E-state index >= 15 is 0 Å². The summed E-state index contributed by atoms with van der Waals surface area (Å²) >= 11 is 1.53. The Kier molecular flexibility index (Phi) is 3.81. The lowest BCUT2D eigenvalue weighted by Crippen LogP contribution is -2.04. The third kappa shape index (κ3) is 2.91. The second kappa shape index (κ2) is 5.53. The van der Waals surface area contributed by atoms with Crippen LogP contribution in [0, 0.1) is 10.1 Å². The molecule has 0 aliphatic heterocycles. The van der Waals surface area contributed by atoms with Gasteiger partial charge in [-0.3, -0.25) is 10.1 Å². The molecular formula is C11H11N5O2S. The van der Waals surface area contributed by atoms with Crippen molar-refractivity contribution in [2.45, 2.75) is 4.90 Å². The minimum atomic E-state index is -0.552. The van der Waals surface area contributed by atoms with E-state index < -0.39 is 4.92 Å². The van der Waals surface area contributed by atoms with Gasteiger partial charge in [0.2, 0.25) is 11.8 Å². The van der Waals surface area contributed by atoms with Crippen molar-refractivity contribution in [1.29, 1.82) is 0 Å². The number of nitro groups is 1. The molecule has 0 radical (unpaired) electrons. The van der Waals surface area contributed by atoms with E-state index in [2.05, 4.69) is 15.3 Å². The van der Waals surface area contributed by atoms with Crippen molar-refractivity contribution < 1.29 is 4.92 Å². The first-order valence-electron chi connectivity index (χ1n) is 5.28. The SMILES string of the molecule is CSc1ccccc1Nc1nc(N)ncc1[N+](=O)[O-]. The van der Waals surface area contributed by atoms with Gasteiger partial charge in [-0.2, -0.15) is 4.98 Å². The fraction of sp³-hybridized carbons (Fsp3) is 0.0909. The third-order valence-corrected chi connectivity index (χ3v) is 3.14. The number of rotatable bonds is 4. The molecule has 0 saturated carbocycles. The summed E-state index contributed by atoms with van der Waals surface area (Å²) in [6, 6.07) is 7.44. The highest BCUT2D eigenvalue weighted by molar-refractivity contribution is 7.98. The number of aromatic nitrogens is 2. The molecule has 2 aromatic rings. The van der Waals surface area contributed by atoms with Crippen LogP contribution in [0.1, 0.15) is 0 Å². The molecule has 0 aliphatic carbocycles. The zero-order valence-electron chi connectivity index (χ0n) is 10.0. The molecule has 1 heterocycles. The van der Waals surface area contributed by atoms with E-state index in [1.807, 2.05) is 30.5 Å². The Morgan fingerprint density at radius 1 is 1.42 bits per heavy atom. The molecule has 1 aromatic heterocycles. The van der Waals surface area contributed by atoms with Gasteiger partial charge in [0.25, 0.3) is 0 Å². The number of thioether (sulfide) groups is 1. The van der Waals surface area contributed by atoms with Crippen molar-refractivity contribution in [3.63, 3.8) is 0 Å². The largest absolute Gasteiger partial charge is 0.368 e. The Labute approximate surface area is 113 Å². The average molecular weight is 277 g/mol. The molecule has 3 N–H and O–H groups in total. The maximum atomic E-state index is 10.9. The molecule has 0 unspecified atom stereocenters. The van der Waals surface area contributed by atoms with Crippen molar-refractivity contribution in [1.82, 2.24) is 9.97 Å². The molecule has 1 aromatic carbocycles. The summed E-state index contributed by atoms with van der Waals surface area (Å²) in [6.07, 6.45) is 3.01. The minimum Gasteiger partial charge on any atom is -0.368 e. The van der Waals surface area contributed by atoms with Crippen LogP contribution in [0.25, 0.3) is 0 Å². The summed E-state index contributed by atoms with van der Waals surface area (Å²) < 4.78 is 0. The number of nitrogens with two attached hydrogens (primary N) is 1. The van der Waals surface area contributed by atoms with Gasteiger partial charge >= 0.3 is 5.69 Å². The molecule has 0 atom stereocenters. The molecule has 7 nitrogen and oxygen atoms in total. The first kappa shape index (κ1) is 13.1. The van der Waals surface area contributed by atoms with E-state index in [-0.39, 0.29) is 17.5 Å². The molecule has 0 aliphatic rings. The van der Waals surface area contributed by atoms with Crippen LogP contribution in [0.5, 0.6) is 0 Å². The molecule has 0 amide bonds. The van der Waals surface area contributed by atoms with Crippen LogP contribution in [0.15, 0.2) is 35.4 Å². The van der Waals surface area contributed by atoms with E-state index in [1.165, 1.54) is 11.8 Å². The topological polar surface area (TPSA) is 107 Å². The quantitative estimate of drug-likeness (QED) is 0.502. The maximum Gasteiger partial charge on any atom is 0.329 e. The number of nitrogens with zero attached hydrogens (tertiary/aromatic N) is 3. The fourth-order valence-electron chi connectivity index (χ4n) is 1.49. The summed E-state index contributed by atoms with van der Waals surface area (Å²) in [6.45, 7) is 0. The Balaban J connectivity index is 2.42. The van der Waals surface area contributed by atoms with Crippen molar-refractivity contribution >= 4 is 34.9 Å². The molecular weight excluding hydrogens is 266 g/mol. The first-order chi connectivity index (χ1) is 9.11. The zero-order chi connectivity index (χ0) is 13.8. The number of hydrogen-bond acceptors (Lipinski definition) is 7. The highest BCUT2D eigenvalue weighted by Gasteiger charge is 2.17. The lowest BCUT2D eigenvalue weighted by atomic mass is 10.3. The predicted molar refractivity (Wildman–Crippen MR) is 74.6 cm³/mol. The highest BCUT2D eigenvalue weighted by Crippen LogP contribution is 2.30. The van der Waals surface area contributed by atoms with Gasteiger partial charge in [-0.1, -0.05) is 12.1 Å². The standard InChI is InChI=1S/C11H11N5O2S/c1-19-9-5-3-2-4-7(9)14-10-8(16(17)18)6-13-11(12)15-10/h2-6H,1H3,(H3,12,13,14,15). The van der Waals surface area contributed by atoms with Crippen molar-refractivity contribution in [2.24, 2.45) is 0 Å². The van der Waals surface area contributed by atoms with Crippen LogP contribution in [-0.4, -0.2) is 21.1 Å². The van der Waals surface area contributed by atoms with Gasteiger partial charge in [0, 0.05) is 4.90 Å². The van der Waals surface area contributed by atoms with E-state index in [9.17, 15) is 10.1 Å². The van der Waals surface area contributed by atoms with Crippen LogP contribution in [0.3, 0.4) is 0 Å². The van der Waals surface area contributed by atoms with E-state index in [1.54, 1.807) is 0 Å². The highest BCUT2D eigenvalue weighted by atomic mass is 32.2. The summed E-state index contributed by atoms with van der Waals surface area (Å²) in [5.74, 6) is 0.0636. The van der Waals surface area contributed by atoms with Gasteiger partial charge in [-0.15, -0.1) is 11.8 Å². The lowest BCUT2D eigenvalue weighted by molar-refractivity contribution is -0.384. The first-order valence-corrected chi connectivity index (χ1v) is 6.51. The number of hydrogen-bond donors (Lipinski definition) is 2. The number of para-hydroxylation sites is 1. The van der Waals surface area contributed by atoms with Crippen LogP contribution < -0.4 is 11.1 Å². The summed E-state index contributed by atoms with van der Waals surface area (Å²) in [5.41, 5.74) is 5.98. The summed E-state index contributed by atoms with van der Waals surface area (Å²) in [4.78, 5) is 18.8. The van der Waals surface area contributed by atoms with E-state index in [0.29, 0.717) is 0 Å². The molecule has 98 valence electrons. The van der Waals surface area contributed by atoms with Gasteiger partial charge < -0.3 is 11.1 Å². The van der Waals surface area contributed by atoms with Gasteiger partial charge in [0.1, 0.15) is 6.20 Å². The number of nitrogen functional groups attached to an aromatic ring is 1. The van der Waals surface area contributed by atoms with Crippen LogP contribution in [0.2, 0.25) is 0 Å². The number of nitrogens with one attached hydrogen (secondary N) is 1. The normalized spacial score (nSPS) is 10.2. The van der Waals surface area contributed by atoms with Crippen molar-refractivity contribution in [3.8, 4) is 0 Å². The lowest BCUT2D eigenvalue weighted by Gasteiger charge is -2.09. The zero-order valence-corrected chi connectivity index (χ0v) is 10.8. The minimum absolute atomic E-state index is 0.0188. The fourth-order valence-corrected chi connectivity index (χ4v) is 2.04. The number of anilines is 3. The van der Waals surface area contributed by atoms with E-state index in [4.69, 9.17) is 5.73 Å². The van der Waals surface area contributed by atoms with Gasteiger partial charge in [0.15, 0.2) is 0 Å². The molecule has 8 heteroatoms. The average Bonchev–Trinajstić information content (AvgIpc) is 2.39. The molecule has 0 saturated heterocycles. The monoisotopic (exact) mass is 277 g/mol. The summed E-state index contributed by atoms with van der Waals surface area (Å²) in [7, 11) is 0. The Hall–Kier alpha value is -2.35. The molecule has 0 bridgehead atoms. The molecule has 0 fully saturated rings. The predicted octanol–water partition coefficient (Wildman–Crippen LogP) is 2.43. The molecule has 19 heavy (non-hydrogen) atoms. The van der Waals surface area contributed by atoms with E-state index in [0.717, 1.165) is 16.8 Å². The second-order valence-corrected chi connectivity index (χ2v) is 4.39. The van der Waals surface area contributed by atoms with Gasteiger partial charge in [0.05, 0.1) is 10.6 Å². The Morgan fingerprint density at radius 2 is 2.16 bits per heavy atom. The number of benzene rings is 1.